The number of aromatic nitrogens is 2. The van der Waals surface area contributed by atoms with Crippen LogP contribution in [0.5, 0.6) is 0 Å². The molecule has 1 unspecified atom stereocenters. The Labute approximate surface area is 144 Å². The zero-order valence-corrected chi connectivity index (χ0v) is 14.7. The van der Waals surface area contributed by atoms with E-state index in [-0.39, 0.29) is 12.2 Å². The van der Waals surface area contributed by atoms with Gasteiger partial charge < -0.3 is 14.8 Å². The minimum absolute atomic E-state index is 0.0438. The van der Waals surface area contributed by atoms with Gasteiger partial charge in [-0.25, -0.2) is 4.98 Å². The lowest BCUT2D eigenvalue weighted by Gasteiger charge is -2.19. The smallest absolute Gasteiger partial charge is 0.259 e. The molecule has 0 radical (unpaired) electrons. The van der Waals surface area contributed by atoms with Gasteiger partial charge in [0, 0.05) is 11.4 Å². The Kier molecular flexibility index (Phi) is 5.45. The first-order chi connectivity index (χ1) is 11.6. The Bertz CT molecular complexity index is 783. The van der Waals surface area contributed by atoms with E-state index in [0.717, 1.165) is 29.5 Å². The summed E-state index contributed by atoms with van der Waals surface area (Å²) in [6.45, 7) is 5.18. The summed E-state index contributed by atoms with van der Waals surface area (Å²) < 4.78 is 5.24. The molecule has 7 heteroatoms. The Morgan fingerprint density at radius 1 is 1.54 bits per heavy atom. The average molecular weight is 349 g/mol. The van der Waals surface area contributed by atoms with Crippen molar-refractivity contribution in [2.75, 3.05) is 26.8 Å². The Hall–Kier alpha value is -1.54. The van der Waals surface area contributed by atoms with Crippen LogP contribution >= 0.6 is 11.3 Å². The molecule has 2 aromatic rings. The van der Waals surface area contributed by atoms with Crippen molar-refractivity contribution < 1.29 is 9.84 Å². The van der Waals surface area contributed by atoms with Crippen molar-refractivity contribution in [3.8, 4) is 0 Å². The van der Waals surface area contributed by atoms with Crippen molar-refractivity contribution in [3.05, 3.63) is 39.3 Å². The van der Waals surface area contributed by atoms with Gasteiger partial charge in [-0.3, -0.25) is 9.69 Å². The molecule has 0 aliphatic heterocycles. The van der Waals surface area contributed by atoms with Gasteiger partial charge in [0.1, 0.15) is 10.7 Å². The molecule has 2 heterocycles. The molecule has 3 rings (SSSR count). The molecule has 0 bridgehead atoms. The molecule has 0 aromatic carbocycles. The fourth-order valence-corrected chi connectivity index (χ4v) is 4.42. The predicted molar refractivity (Wildman–Crippen MR) is 95.6 cm³/mol. The highest BCUT2D eigenvalue weighted by molar-refractivity contribution is 7.18. The molecule has 1 aliphatic rings. The summed E-state index contributed by atoms with van der Waals surface area (Å²) in [4.78, 5) is 24.0. The third kappa shape index (κ3) is 3.75. The lowest BCUT2D eigenvalue weighted by molar-refractivity contribution is 0.0294. The summed E-state index contributed by atoms with van der Waals surface area (Å²) in [6.07, 6.45) is 4.24. The number of aliphatic hydroxyl groups excluding tert-OH is 1. The molecular formula is C17H23N3O3S. The molecule has 2 aromatic heterocycles. The van der Waals surface area contributed by atoms with Crippen molar-refractivity contribution in [2.24, 2.45) is 0 Å². The normalized spacial score (nSPS) is 15.1. The van der Waals surface area contributed by atoms with Crippen LogP contribution in [0.25, 0.3) is 10.2 Å². The largest absolute Gasteiger partial charge is 0.389 e. The highest BCUT2D eigenvalue weighted by Crippen LogP contribution is 2.34. The molecule has 130 valence electrons. The first-order valence-electron chi connectivity index (χ1n) is 8.17. The Morgan fingerprint density at radius 3 is 3.17 bits per heavy atom. The maximum atomic E-state index is 12.4. The second-order valence-corrected chi connectivity index (χ2v) is 7.31. The van der Waals surface area contributed by atoms with Crippen molar-refractivity contribution >= 4 is 21.6 Å². The van der Waals surface area contributed by atoms with E-state index in [2.05, 4.69) is 16.5 Å². The van der Waals surface area contributed by atoms with Gasteiger partial charge in [-0.2, -0.15) is 0 Å². The lowest BCUT2D eigenvalue weighted by atomic mass is 10.2. The van der Waals surface area contributed by atoms with E-state index in [0.29, 0.717) is 25.5 Å². The molecule has 0 fully saturated rings. The third-order valence-electron chi connectivity index (χ3n) is 4.11. The number of H-pyrrole nitrogens is 1. The fraction of sp³-hybridized carbons (Fsp3) is 0.529. The molecule has 2 N–H and O–H groups in total. The maximum absolute atomic E-state index is 12.4. The van der Waals surface area contributed by atoms with Crippen molar-refractivity contribution in [2.45, 2.75) is 31.9 Å². The second-order valence-electron chi connectivity index (χ2n) is 6.23. The van der Waals surface area contributed by atoms with Crippen LogP contribution in [0.2, 0.25) is 0 Å². The first-order valence-corrected chi connectivity index (χ1v) is 8.98. The van der Waals surface area contributed by atoms with Crippen molar-refractivity contribution in [1.29, 1.82) is 0 Å². The second kappa shape index (κ2) is 7.57. The van der Waals surface area contributed by atoms with Gasteiger partial charge in [-0.15, -0.1) is 17.9 Å². The standard InChI is InChI=1S/C17H23N3O3S/c1-3-7-23-10-11(21)8-20(2)9-14-18-16(22)15-12-5-4-6-13(12)24-17(15)19-14/h3,11,21H,1,4-10H2,2H3,(H,18,19,22). The van der Waals surface area contributed by atoms with Gasteiger partial charge in [-0.05, 0) is 31.9 Å². The molecule has 1 aliphatic carbocycles. The van der Waals surface area contributed by atoms with Gasteiger partial charge >= 0.3 is 0 Å². The van der Waals surface area contributed by atoms with E-state index in [1.807, 2.05) is 11.9 Å². The van der Waals surface area contributed by atoms with E-state index in [4.69, 9.17) is 4.74 Å². The fourth-order valence-electron chi connectivity index (χ4n) is 3.14. The van der Waals surface area contributed by atoms with Gasteiger partial charge in [0.2, 0.25) is 0 Å². The SMILES string of the molecule is C=CCOCC(O)CN(C)Cc1nc2sc3c(c2c(=O)[nH]1)CCC3. The molecule has 0 spiro atoms. The third-order valence-corrected chi connectivity index (χ3v) is 5.30. The quantitative estimate of drug-likeness (QED) is 0.557. The summed E-state index contributed by atoms with van der Waals surface area (Å²) in [6, 6.07) is 0. The summed E-state index contributed by atoms with van der Waals surface area (Å²) >= 11 is 1.64. The highest BCUT2D eigenvalue weighted by atomic mass is 32.1. The molecule has 0 saturated carbocycles. The number of hydrogen-bond acceptors (Lipinski definition) is 6. The maximum Gasteiger partial charge on any atom is 0.259 e. The minimum atomic E-state index is -0.587. The van der Waals surface area contributed by atoms with E-state index >= 15 is 0 Å². The van der Waals surface area contributed by atoms with Crippen LogP contribution in [0.1, 0.15) is 22.7 Å². The number of ether oxygens (including phenoxy) is 1. The molecular weight excluding hydrogens is 326 g/mol. The molecule has 1 atom stereocenters. The van der Waals surface area contributed by atoms with Gasteiger partial charge in [0.15, 0.2) is 0 Å². The van der Waals surface area contributed by atoms with Crippen LogP contribution in [-0.4, -0.2) is 52.9 Å². The number of rotatable bonds is 8. The minimum Gasteiger partial charge on any atom is -0.389 e. The lowest BCUT2D eigenvalue weighted by Crippen LogP contribution is -2.32. The zero-order chi connectivity index (χ0) is 17.1. The average Bonchev–Trinajstić information content (AvgIpc) is 3.07. The van der Waals surface area contributed by atoms with Crippen molar-refractivity contribution in [1.82, 2.24) is 14.9 Å². The number of likely N-dealkylation sites (N-methyl/N-ethyl adjacent to an activating group) is 1. The van der Waals surface area contributed by atoms with Crippen LogP contribution in [-0.2, 0) is 24.1 Å². The first kappa shape index (κ1) is 17.3. The van der Waals surface area contributed by atoms with Crippen LogP contribution in [0.3, 0.4) is 0 Å². The van der Waals surface area contributed by atoms with Crippen LogP contribution in [0.4, 0.5) is 0 Å². The number of aromatic amines is 1. The number of nitrogens with one attached hydrogen (secondary N) is 1. The van der Waals surface area contributed by atoms with Gasteiger partial charge in [0.25, 0.3) is 5.56 Å². The van der Waals surface area contributed by atoms with E-state index < -0.39 is 6.10 Å². The molecule has 0 amide bonds. The summed E-state index contributed by atoms with van der Waals surface area (Å²) in [5.74, 6) is 0.633. The van der Waals surface area contributed by atoms with E-state index in [1.54, 1.807) is 17.4 Å². The molecule has 24 heavy (non-hydrogen) atoms. The van der Waals surface area contributed by atoms with Gasteiger partial charge in [-0.1, -0.05) is 6.08 Å². The van der Waals surface area contributed by atoms with Crippen LogP contribution < -0.4 is 5.56 Å². The van der Waals surface area contributed by atoms with E-state index in [1.165, 1.54) is 10.4 Å². The van der Waals surface area contributed by atoms with Crippen molar-refractivity contribution in [3.63, 3.8) is 0 Å². The number of nitrogens with zero attached hydrogens (tertiary/aromatic N) is 2. The predicted octanol–water partition coefficient (Wildman–Crippen LogP) is 1.47. The Balaban J connectivity index is 1.67. The van der Waals surface area contributed by atoms with Crippen LogP contribution in [0, 0.1) is 0 Å². The molecule has 6 nitrogen and oxygen atoms in total. The summed E-state index contributed by atoms with van der Waals surface area (Å²) in [7, 11) is 1.88. The topological polar surface area (TPSA) is 78.5 Å². The van der Waals surface area contributed by atoms with E-state index in [9.17, 15) is 9.90 Å². The number of fused-ring (bicyclic) bond motifs is 3. The summed E-state index contributed by atoms with van der Waals surface area (Å²) in [5.41, 5.74) is 1.15. The zero-order valence-electron chi connectivity index (χ0n) is 13.9. The molecule has 0 saturated heterocycles. The summed E-state index contributed by atoms with van der Waals surface area (Å²) in [5, 5.41) is 10.7. The number of aryl methyl sites for hydroxylation is 2. The monoisotopic (exact) mass is 349 g/mol. The number of aliphatic hydroxyl groups is 1. The van der Waals surface area contributed by atoms with Gasteiger partial charge in [0.05, 0.1) is 31.2 Å². The van der Waals surface area contributed by atoms with Crippen LogP contribution in [0.15, 0.2) is 17.4 Å². The highest BCUT2D eigenvalue weighted by Gasteiger charge is 2.21. The number of hydrogen-bond donors (Lipinski definition) is 2. The Morgan fingerprint density at radius 2 is 2.38 bits per heavy atom. The number of thiophene rings is 1.